The molecule has 0 radical (unpaired) electrons. The molecule has 1 N–H and O–H groups in total. The largest absolute Gasteiger partial charge is 0.507 e. The van der Waals surface area contributed by atoms with Crippen molar-refractivity contribution in [1.82, 2.24) is 4.98 Å². The van der Waals surface area contributed by atoms with Crippen molar-refractivity contribution in [2.24, 2.45) is 0 Å². The number of rotatable bonds is 3. The molecule has 2 heterocycles. The minimum Gasteiger partial charge on any atom is -0.421 e. The number of hydrogen-bond acceptors (Lipinski definition) is 5. The average Bonchev–Trinajstić information content (AvgIpc) is 3.11. The number of halogens is 7. The van der Waals surface area contributed by atoms with Crippen molar-refractivity contribution in [2.75, 3.05) is 5.32 Å². The minimum atomic E-state index is -4.93. The lowest BCUT2D eigenvalue weighted by Crippen LogP contribution is -2.52. The zero-order valence-electron chi connectivity index (χ0n) is 16.3. The number of thiazole rings is 1. The highest BCUT2D eigenvalue weighted by Crippen LogP contribution is 2.48. The Labute approximate surface area is 184 Å². The number of carbonyl (C=O) groups is 1. The van der Waals surface area contributed by atoms with E-state index in [1.165, 1.54) is 37.3 Å². The lowest BCUT2D eigenvalue weighted by molar-refractivity contribution is -0.391. The summed E-state index contributed by atoms with van der Waals surface area (Å²) >= 11 is 0.554. The second kappa shape index (κ2) is 7.61. The fraction of sp³-hybridized carbons (Fsp3) is 0.200. The van der Waals surface area contributed by atoms with Crippen LogP contribution in [-0.4, -0.2) is 23.1 Å². The number of anilines is 1. The SMILES string of the molecule is Cc1nc(C(F)(F)F)c(C(=O)Nc2ccccc2-c2ccc3c(c2)OC(F)(F)C(F)(F)O3)s1. The van der Waals surface area contributed by atoms with Gasteiger partial charge < -0.3 is 14.8 Å². The molecule has 5 nitrogen and oxygen atoms in total. The zero-order chi connectivity index (χ0) is 24.2. The summed E-state index contributed by atoms with van der Waals surface area (Å²) in [4.78, 5) is 15.3. The third kappa shape index (κ3) is 4.19. The number of fused-ring (bicyclic) bond motifs is 1. The van der Waals surface area contributed by atoms with Gasteiger partial charge in [0.2, 0.25) is 0 Å². The van der Waals surface area contributed by atoms with Crippen LogP contribution in [0.3, 0.4) is 0 Å². The summed E-state index contributed by atoms with van der Waals surface area (Å²) in [6.45, 7) is 1.32. The fourth-order valence-corrected chi connectivity index (χ4v) is 3.86. The Morgan fingerprint density at radius 2 is 1.64 bits per heavy atom. The van der Waals surface area contributed by atoms with Gasteiger partial charge >= 0.3 is 18.4 Å². The quantitative estimate of drug-likeness (QED) is 0.433. The van der Waals surface area contributed by atoms with E-state index in [4.69, 9.17) is 0 Å². The third-order valence-electron chi connectivity index (χ3n) is 4.45. The summed E-state index contributed by atoms with van der Waals surface area (Å²) in [6, 6.07) is 9.01. The van der Waals surface area contributed by atoms with Crippen molar-refractivity contribution in [1.29, 1.82) is 0 Å². The van der Waals surface area contributed by atoms with Crippen molar-refractivity contribution in [3.05, 3.63) is 58.0 Å². The van der Waals surface area contributed by atoms with Gasteiger partial charge in [0.15, 0.2) is 17.2 Å². The Morgan fingerprint density at radius 3 is 2.30 bits per heavy atom. The summed E-state index contributed by atoms with van der Waals surface area (Å²) in [7, 11) is 0. The second-order valence-corrected chi connectivity index (χ2v) is 8.01. The van der Waals surface area contributed by atoms with Crippen LogP contribution < -0.4 is 14.8 Å². The molecule has 0 spiro atoms. The topological polar surface area (TPSA) is 60.5 Å². The molecule has 0 saturated heterocycles. The summed E-state index contributed by atoms with van der Waals surface area (Å²) < 4.78 is 101. The van der Waals surface area contributed by atoms with E-state index < -0.39 is 46.4 Å². The number of amides is 1. The van der Waals surface area contributed by atoms with Gasteiger partial charge in [0.05, 0.1) is 5.01 Å². The summed E-state index contributed by atoms with van der Waals surface area (Å²) in [5, 5.41) is 2.38. The highest BCUT2D eigenvalue weighted by Gasteiger charge is 2.65. The fourth-order valence-electron chi connectivity index (χ4n) is 3.03. The predicted molar refractivity (Wildman–Crippen MR) is 103 cm³/mol. The first-order chi connectivity index (χ1) is 15.3. The number of carbonyl (C=O) groups excluding carboxylic acids is 1. The maximum atomic E-state index is 13.5. The molecule has 174 valence electrons. The monoisotopic (exact) mass is 492 g/mol. The van der Waals surface area contributed by atoms with Gasteiger partial charge in [-0.2, -0.15) is 30.7 Å². The van der Waals surface area contributed by atoms with Crippen molar-refractivity contribution in [3.8, 4) is 22.6 Å². The lowest BCUT2D eigenvalue weighted by Gasteiger charge is -2.32. The number of nitrogens with one attached hydrogen (secondary N) is 1. The van der Waals surface area contributed by atoms with Crippen molar-refractivity contribution < 1.29 is 45.0 Å². The standard InChI is InChI=1S/C20H11F7N2O3S/c1-9-28-16(18(21,22)23)15(33-9)17(30)29-12-5-3-2-4-11(12)10-6-7-13-14(8-10)32-20(26,27)19(24,25)31-13/h2-8H,1H3,(H,29,30). The number of hydrogen-bond donors (Lipinski definition) is 1. The average molecular weight is 492 g/mol. The van der Waals surface area contributed by atoms with Crippen molar-refractivity contribution in [2.45, 2.75) is 25.3 Å². The number of aryl methyl sites for hydroxylation is 1. The molecule has 0 fully saturated rings. The predicted octanol–water partition coefficient (Wildman–Crippen LogP) is 6.35. The van der Waals surface area contributed by atoms with Crippen LogP contribution in [0.1, 0.15) is 20.4 Å². The summed E-state index contributed by atoms with van der Waals surface area (Å²) in [6.07, 6.45) is -14.7. The van der Waals surface area contributed by atoms with Crippen LogP contribution in [0.5, 0.6) is 11.5 Å². The molecule has 3 aromatic rings. The first-order valence-corrected chi connectivity index (χ1v) is 9.83. The van der Waals surface area contributed by atoms with Gasteiger partial charge in [0.25, 0.3) is 5.91 Å². The van der Waals surface area contributed by atoms with Gasteiger partial charge in [-0.05, 0) is 30.7 Å². The van der Waals surface area contributed by atoms with E-state index in [0.717, 1.165) is 12.1 Å². The maximum absolute atomic E-state index is 13.5. The molecule has 4 rings (SSSR count). The van der Waals surface area contributed by atoms with E-state index in [1.807, 2.05) is 0 Å². The van der Waals surface area contributed by atoms with E-state index >= 15 is 0 Å². The molecule has 1 amide bonds. The summed E-state index contributed by atoms with van der Waals surface area (Å²) in [5.41, 5.74) is -0.948. The minimum absolute atomic E-state index is 0.0327. The maximum Gasteiger partial charge on any atom is 0.507 e. The smallest absolute Gasteiger partial charge is 0.421 e. The van der Waals surface area contributed by atoms with Gasteiger partial charge in [-0.3, -0.25) is 4.79 Å². The molecule has 1 aliphatic rings. The van der Waals surface area contributed by atoms with Gasteiger partial charge in [0.1, 0.15) is 4.88 Å². The molecular weight excluding hydrogens is 481 g/mol. The van der Waals surface area contributed by atoms with E-state index in [1.54, 1.807) is 0 Å². The van der Waals surface area contributed by atoms with Crippen LogP contribution in [0.4, 0.5) is 36.4 Å². The number of benzene rings is 2. The van der Waals surface area contributed by atoms with Crippen molar-refractivity contribution in [3.63, 3.8) is 0 Å². The van der Waals surface area contributed by atoms with E-state index in [2.05, 4.69) is 19.8 Å². The van der Waals surface area contributed by atoms with Gasteiger partial charge in [-0.1, -0.05) is 24.3 Å². The molecule has 0 aliphatic carbocycles. The van der Waals surface area contributed by atoms with Crippen LogP contribution in [0.2, 0.25) is 0 Å². The van der Waals surface area contributed by atoms with Crippen LogP contribution in [0.25, 0.3) is 11.1 Å². The van der Waals surface area contributed by atoms with Crippen LogP contribution in [-0.2, 0) is 6.18 Å². The van der Waals surface area contributed by atoms with Gasteiger partial charge in [0, 0.05) is 11.3 Å². The number of ether oxygens (including phenoxy) is 2. The van der Waals surface area contributed by atoms with E-state index in [9.17, 15) is 35.5 Å². The Hall–Kier alpha value is -3.35. The number of nitrogens with zero attached hydrogens (tertiary/aromatic N) is 1. The highest BCUT2D eigenvalue weighted by atomic mass is 32.1. The molecule has 1 aliphatic heterocycles. The molecule has 0 unspecified atom stereocenters. The molecule has 33 heavy (non-hydrogen) atoms. The van der Waals surface area contributed by atoms with Gasteiger partial charge in [-0.25, -0.2) is 4.98 Å². The molecule has 0 atom stereocenters. The Balaban J connectivity index is 1.68. The third-order valence-corrected chi connectivity index (χ3v) is 5.42. The number of para-hydroxylation sites is 1. The second-order valence-electron chi connectivity index (χ2n) is 6.81. The molecule has 1 aromatic heterocycles. The normalized spacial score (nSPS) is 16.4. The van der Waals surface area contributed by atoms with Crippen LogP contribution in [0, 0.1) is 6.92 Å². The Bertz CT molecular complexity index is 1240. The Kier molecular flexibility index (Phi) is 5.26. The summed E-state index contributed by atoms with van der Waals surface area (Å²) in [5.74, 6) is -2.39. The van der Waals surface area contributed by atoms with Gasteiger partial charge in [-0.15, -0.1) is 11.3 Å². The molecule has 0 bridgehead atoms. The Morgan fingerprint density at radius 1 is 1.00 bits per heavy atom. The number of alkyl halides is 7. The first-order valence-electron chi connectivity index (χ1n) is 9.01. The first kappa shape index (κ1) is 22.8. The number of aromatic nitrogens is 1. The van der Waals surface area contributed by atoms with E-state index in [-0.39, 0.29) is 21.8 Å². The molecule has 2 aromatic carbocycles. The molecular formula is C20H11F7N2O3S. The van der Waals surface area contributed by atoms with Crippen LogP contribution >= 0.6 is 11.3 Å². The molecule has 13 heteroatoms. The zero-order valence-corrected chi connectivity index (χ0v) is 17.1. The highest BCUT2D eigenvalue weighted by molar-refractivity contribution is 7.13. The lowest BCUT2D eigenvalue weighted by atomic mass is 10.0. The molecule has 0 saturated carbocycles. The van der Waals surface area contributed by atoms with E-state index in [0.29, 0.717) is 11.3 Å². The van der Waals surface area contributed by atoms with Crippen LogP contribution in [0.15, 0.2) is 42.5 Å². The van der Waals surface area contributed by atoms with Crippen molar-refractivity contribution >= 4 is 22.9 Å².